The summed E-state index contributed by atoms with van der Waals surface area (Å²) in [6.45, 7) is 2.02. The van der Waals surface area contributed by atoms with Crippen molar-refractivity contribution in [1.82, 2.24) is 14.8 Å². The van der Waals surface area contributed by atoms with Crippen molar-refractivity contribution in [3.8, 4) is 5.69 Å². The molecule has 0 radical (unpaired) electrons. The summed E-state index contributed by atoms with van der Waals surface area (Å²) in [6, 6.07) is 17.3. The molecule has 0 bridgehead atoms. The first-order chi connectivity index (χ1) is 10.2. The summed E-state index contributed by atoms with van der Waals surface area (Å²) < 4.78 is 1.45. The maximum atomic E-state index is 12.3. The van der Waals surface area contributed by atoms with E-state index in [9.17, 15) is 4.79 Å². The summed E-state index contributed by atoms with van der Waals surface area (Å²) >= 11 is 0. The maximum absolute atomic E-state index is 12.3. The zero-order valence-corrected chi connectivity index (χ0v) is 11.5. The number of para-hydroxylation sites is 1. The predicted molar refractivity (Wildman–Crippen MR) is 83.9 cm³/mol. The van der Waals surface area contributed by atoms with Gasteiger partial charge in [0.25, 0.3) is 5.56 Å². The number of fused-ring (bicyclic) bond motifs is 3. The third-order valence-electron chi connectivity index (χ3n) is 3.66. The Hall–Kier alpha value is -2.88. The lowest BCUT2D eigenvalue weighted by Gasteiger charge is -2.04. The molecule has 4 aromatic rings. The van der Waals surface area contributed by atoms with Crippen molar-refractivity contribution in [3.63, 3.8) is 0 Å². The van der Waals surface area contributed by atoms with Gasteiger partial charge in [-0.05, 0) is 25.1 Å². The molecule has 0 unspecified atom stereocenters. The van der Waals surface area contributed by atoms with Gasteiger partial charge in [-0.25, -0.2) is 0 Å². The molecule has 0 saturated carbocycles. The Morgan fingerprint density at radius 3 is 2.57 bits per heavy atom. The van der Waals surface area contributed by atoms with E-state index in [2.05, 4.69) is 10.1 Å². The molecule has 0 aliphatic heterocycles. The van der Waals surface area contributed by atoms with E-state index in [-0.39, 0.29) is 5.56 Å². The van der Waals surface area contributed by atoms with Crippen LogP contribution in [0.25, 0.3) is 27.6 Å². The van der Waals surface area contributed by atoms with Crippen molar-refractivity contribution in [2.45, 2.75) is 6.92 Å². The van der Waals surface area contributed by atoms with Gasteiger partial charge in [0.1, 0.15) is 5.52 Å². The molecular weight excluding hydrogens is 262 g/mol. The smallest absolute Gasteiger partial charge is 0.273 e. The summed E-state index contributed by atoms with van der Waals surface area (Å²) in [6.07, 6.45) is 0. The molecule has 2 aromatic carbocycles. The minimum absolute atomic E-state index is 0.141. The van der Waals surface area contributed by atoms with Gasteiger partial charge in [-0.2, -0.15) is 9.78 Å². The van der Waals surface area contributed by atoms with Crippen LogP contribution in [-0.4, -0.2) is 14.8 Å². The summed E-state index contributed by atoms with van der Waals surface area (Å²) in [4.78, 5) is 15.5. The molecule has 0 fully saturated rings. The van der Waals surface area contributed by atoms with Crippen molar-refractivity contribution in [2.75, 3.05) is 0 Å². The van der Waals surface area contributed by atoms with Gasteiger partial charge < -0.3 is 4.98 Å². The van der Waals surface area contributed by atoms with Crippen LogP contribution in [0, 0.1) is 6.92 Å². The van der Waals surface area contributed by atoms with Crippen LogP contribution in [0.3, 0.4) is 0 Å². The molecule has 4 rings (SSSR count). The summed E-state index contributed by atoms with van der Waals surface area (Å²) in [7, 11) is 0. The quantitative estimate of drug-likeness (QED) is 0.580. The van der Waals surface area contributed by atoms with Crippen molar-refractivity contribution in [2.24, 2.45) is 0 Å². The Labute approximate surface area is 120 Å². The summed E-state index contributed by atoms with van der Waals surface area (Å²) in [5, 5.41) is 5.56. The second-order valence-corrected chi connectivity index (χ2v) is 5.16. The fourth-order valence-electron chi connectivity index (χ4n) is 2.57. The molecule has 21 heavy (non-hydrogen) atoms. The highest BCUT2D eigenvalue weighted by Gasteiger charge is 2.09. The second-order valence-electron chi connectivity index (χ2n) is 5.16. The minimum Gasteiger partial charge on any atom is -0.353 e. The fourth-order valence-corrected chi connectivity index (χ4v) is 2.57. The molecule has 2 aromatic heterocycles. The molecule has 1 N–H and O–H groups in total. The monoisotopic (exact) mass is 275 g/mol. The topological polar surface area (TPSA) is 50.7 Å². The predicted octanol–water partition coefficient (Wildman–Crippen LogP) is 3.18. The highest BCUT2D eigenvalue weighted by molar-refractivity contribution is 6.04. The second kappa shape index (κ2) is 4.31. The van der Waals surface area contributed by atoms with Crippen LogP contribution in [-0.2, 0) is 0 Å². The fraction of sp³-hybridized carbons (Fsp3) is 0.0588. The number of hydrogen-bond acceptors (Lipinski definition) is 2. The lowest BCUT2D eigenvalue weighted by Crippen LogP contribution is -2.19. The number of nitrogens with one attached hydrogen (secondary N) is 1. The van der Waals surface area contributed by atoms with Crippen molar-refractivity contribution in [3.05, 3.63) is 70.5 Å². The van der Waals surface area contributed by atoms with Gasteiger partial charge in [0, 0.05) is 17.0 Å². The number of aromatic nitrogens is 3. The van der Waals surface area contributed by atoms with E-state index in [1.165, 1.54) is 4.68 Å². The van der Waals surface area contributed by atoms with Crippen LogP contribution < -0.4 is 5.56 Å². The third kappa shape index (κ3) is 1.84. The summed E-state index contributed by atoms with van der Waals surface area (Å²) in [5.41, 5.74) is 4.35. The number of hydrogen-bond donors (Lipinski definition) is 1. The van der Waals surface area contributed by atoms with E-state index >= 15 is 0 Å². The van der Waals surface area contributed by atoms with Gasteiger partial charge >= 0.3 is 0 Å². The van der Waals surface area contributed by atoms with Gasteiger partial charge in [0.15, 0.2) is 0 Å². The van der Waals surface area contributed by atoms with Crippen LogP contribution in [0.1, 0.15) is 5.56 Å². The van der Waals surface area contributed by atoms with E-state index in [1.54, 1.807) is 6.07 Å². The first kappa shape index (κ1) is 11.9. The molecule has 4 heteroatoms. The normalized spacial score (nSPS) is 11.3. The zero-order valence-electron chi connectivity index (χ0n) is 11.5. The average molecular weight is 275 g/mol. The molecule has 0 spiro atoms. The van der Waals surface area contributed by atoms with Crippen LogP contribution in [0.4, 0.5) is 0 Å². The van der Waals surface area contributed by atoms with E-state index in [4.69, 9.17) is 0 Å². The van der Waals surface area contributed by atoms with Crippen LogP contribution >= 0.6 is 0 Å². The third-order valence-corrected chi connectivity index (χ3v) is 3.66. The van der Waals surface area contributed by atoms with Crippen LogP contribution in [0.5, 0.6) is 0 Å². The number of rotatable bonds is 1. The van der Waals surface area contributed by atoms with Crippen LogP contribution in [0.15, 0.2) is 59.4 Å². The van der Waals surface area contributed by atoms with Gasteiger partial charge in [0.05, 0.1) is 11.2 Å². The average Bonchev–Trinajstić information content (AvgIpc) is 2.84. The molecule has 2 heterocycles. The standard InChI is InChI=1S/C17H13N3O/c1-11-6-8-12(9-7-11)20-16(21)10-15-17(19-20)13-4-2-3-5-14(13)18-15/h2-10,18H,1H3. The van der Waals surface area contributed by atoms with Crippen LogP contribution in [0.2, 0.25) is 0 Å². The highest BCUT2D eigenvalue weighted by atomic mass is 16.1. The highest BCUT2D eigenvalue weighted by Crippen LogP contribution is 2.22. The molecule has 102 valence electrons. The Kier molecular flexibility index (Phi) is 2.44. The van der Waals surface area contributed by atoms with E-state index in [0.717, 1.165) is 33.2 Å². The lowest BCUT2D eigenvalue weighted by molar-refractivity contribution is 0.833. The number of H-pyrrole nitrogens is 1. The molecule has 4 nitrogen and oxygen atoms in total. The van der Waals surface area contributed by atoms with Crippen molar-refractivity contribution in [1.29, 1.82) is 0 Å². The Morgan fingerprint density at radius 1 is 1.00 bits per heavy atom. The SMILES string of the molecule is Cc1ccc(-n2nc3c(cc2=O)[nH]c2ccccc23)cc1. The number of aromatic amines is 1. The van der Waals surface area contributed by atoms with E-state index in [0.29, 0.717) is 0 Å². The van der Waals surface area contributed by atoms with Crippen molar-refractivity contribution >= 4 is 21.9 Å². The molecule has 0 saturated heterocycles. The number of aryl methyl sites for hydroxylation is 1. The Bertz CT molecular complexity index is 1010. The summed E-state index contributed by atoms with van der Waals surface area (Å²) in [5.74, 6) is 0. The largest absolute Gasteiger partial charge is 0.353 e. The number of benzene rings is 2. The van der Waals surface area contributed by atoms with Gasteiger partial charge in [0.2, 0.25) is 0 Å². The van der Waals surface area contributed by atoms with Crippen molar-refractivity contribution < 1.29 is 0 Å². The Morgan fingerprint density at radius 2 is 1.76 bits per heavy atom. The van der Waals surface area contributed by atoms with E-state index in [1.807, 2.05) is 55.5 Å². The van der Waals surface area contributed by atoms with Gasteiger partial charge in [-0.1, -0.05) is 35.9 Å². The molecule has 0 aliphatic rings. The molecule has 0 atom stereocenters. The van der Waals surface area contributed by atoms with Gasteiger partial charge in [-0.3, -0.25) is 4.79 Å². The zero-order chi connectivity index (χ0) is 14.4. The van der Waals surface area contributed by atoms with E-state index < -0.39 is 0 Å². The number of nitrogens with zero attached hydrogens (tertiary/aromatic N) is 2. The molecule has 0 aliphatic carbocycles. The Balaban J connectivity index is 2.05. The lowest BCUT2D eigenvalue weighted by atomic mass is 10.2. The molecule has 0 amide bonds. The maximum Gasteiger partial charge on any atom is 0.273 e. The first-order valence-corrected chi connectivity index (χ1v) is 6.80. The molecular formula is C17H13N3O. The van der Waals surface area contributed by atoms with Gasteiger partial charge in [-0.15, -0.1) is 0 Å². The first-order valence-electron chi connectivity index (χ1n) is 6.80. The minimum atomic E-state index is -0.141.